The maximum Gasteiger partial charge on any atom is 0.194 e. The van der Waals surface area contributed by atoms with E-state index in [1.54, 1.807) is 0 Å². The molecule has 0 heterocycles. The first-order valence-electron chi connectivity index (χ1n) is 21.4. The van der Waals surface area contributed by atoms with E-state index in [1.165, 1.54) is 113 Å². The zero-order valence-corrected chi connectivity index (χ0v) is 35.0. The topological polar surface area (TPSA) is 0 Å². The largest absolute Gasteiger partial charge is 0.204 e. The van der Waals surface area contributed by atoms with Crippen molar-refractivity contribution in [2.75, 3.05) is 0 Å². The van der Waals surface area contributed by atoms with Gasteiger partial charge in [-0.25, -0.2) is 26.3 Å². The number of halogens is 6. The Hall–Kier alpha value is -1.55. The summed E-state index contributed by atoms with van der Waals surface area (Å²) in [6, 6.07) is 7.85. The molecule has 52 heavy (non-hydrogen) atoms. The summed E-state index contributed by atoms with van der Waals surface area (Å²) in [5.41, 5.74) is 2.37. The van der Waals surface area contributed by atoms with Gasteiger partial charge in [-0.05, 0) is 141 Å². The van der Waals surface area contributed by atoms with Gasteiger partial charge in [-0.3, -0.25) is 0 Å². The van der Waals surface area contributed by atoms with Crippen molar-refractivity contribution < 1.29 is 26.3 Å². The normalized spacial score (nSPS) is 30.2. The van der Waals surface area contributed by atoms with Crippen molar-refractivity contribution >= 4 is 19.0 Å². The Labute approximate surface area is 315 Å². The molecule has 4 aliphatic carbocycles. The van der Waals surface area contributed by atoms with Gasteiger partial charge in [0, 0.05) is 19.0 Å². The molecule has 0 saturated heterocycles. The van der Waals surface area contributed by atoms with E-state index in [0.29, 0.717) is 11.1 Å². The minimum absolute atomic E-state index is 0.147. The smallest absolute Gasteiger partial charge is 0.194 e. The molecule has 0 unspecified atom stereocenters. The summed E-state index contributed by atoms with van der Waals surface area (Å²) in [6.07, 6.45) is 25.5. The molecule has 6 rings (SSSR count). The fourth-order valence-corrected chi connectivity index (χ4v) is 13.9. The van der Waals surface area contributed by atoms with Crippen LogP contribution in [0.5, 0.6) is 0 Å². The molecule has 0 N–H and O–H groups in total. The second kappa shape index (κ2) is 20.9. The summed E-state index contributed by atoms with van der Waals surface area (Å²) in [4.78, 5) is 0. The first-order valence-corrected chi connectivity index (χ1v) is 25.7. The van der Waals surface area contributed by atoms with Gasteiger partial charge >= 0.3 is 0 Å². The Morgan fingerprint density at radius 3 is 1.27 bits per heavy atom. The molecule has 8 heteroatoms. The zero-order chi connectivity index (χ0) is 37.0. The Kier molecular flexibility index (Phi) is 16.8. The number of benzene rings is 2. The fraction of sp³-hybridized carbons (Fsp3) is 0.727. The highest BCUT2D eigenvalue weighted by Gasteiger charge is 2.33. The Bertz CT molecular complexity index is 1200. The highest BCUT2D eigenvalue weighted by atomic mass is 28.2. The van der Waals surface area contributed by atoms with Crippen molar-refractivity contribution in [3.05, 3.63) is 70.3 Å². The Morgan fingerprint density at radius 1 is 0.500 bits per heavy atom. The van der Waals surface area contributed by atoms with E-state index < -0.39 is 34.9 Å². The van der Waals surface area contributed by atoms with Crippen LogP contribution in [0.25, 0.3) is 0 Å². The molecule has 4 fully saturated rings. The van der Waals surface area contributed by atoms with Gasteiger partial charge in [-0.1, -0.05) is 95.3 Å². The Balaban J connectivity index is 0.000000201. The Morgan fingerprint density at radius 2 is 0.885 bits per heavy atom. The van der Waals surface area contributed by atoms with E-state index in [2.05, 4.69) is 13.5 Å². The first-order chi connectivity index (χ1) is 25.2. The molecule has 0 aromatic heterocycles. The van der Waals surface area contributed by atoms with Gasteiger partial charge in [0.2, 0.25) is 0 Å². The van der Waals surface area contributed by atoms with Crippen LogP contribution >= 0.6 is 0 Å². The minimum atomic E-state index is -1.35. The highest BCUT2D eigenvalue weighted by molar-refractivity contribution is 6.37. The van der Waals surface area contributed by atoms with Gasteiger partial charge in [0.25, 0.3) is 0 Å². The molecule has 0 spiro atoms. The van der Waals surface area contributed by atoms with Crippen molar-refractivity contribution in [2.24, 2.45) is 29.6 Å². The van der Waals surface area contributed by atoms with Crippen LogP contribution in [0.15, 0.2) is 24.3 Å². The molecule has 292 valence electrons. The molecule has 4 aliphatic rings. The van der Waals surface area contributed by atoms with Crippen molar-refractivity contribution in [1.29, 1.82) is 0 Å². The quantitative estimate of drug-likeness (QED) is 0.0874. The van der Waals surface area contributed by atoms with E-state index in [0.717, 1.165) is 86.5 Å². The van der Waals surface area contributed by atoms with E-state index >= 15 is 0 Å². The van der Waals surface area contributed by atoms with Crippen LogP contribution in [0.1, 0.15) is 158 Å². The molecular formula is C44H66F6Si2. The first kappa shape index (κ1) is 41.6. The molecule has 2 aromatic carbocycles. The van der Waals surface area contributed by atoms with Crippen LogP contribution < -0.4 is 0 Å². The average Bonchev–Trinajstić information content (AvgIpc) is 3.17. The van der Waals surface area contributed by atoms with Crippen molar-refractivity contribution in [3.8, 4) is 0 Å². The molecule has 0 radical (unpaired) electrons. The van der Waals surface area contributed by atoms with E-state index in [-0.39, 0.29) is 30.9 Å². The lowest BCUT2D eigenvalue weighted by Gasteiger charge is -2.38. The average molecular weight is 765 g/mol. The predicted molar refractivity (Wildman–Crippen MR) is 210 cm³/mol. The molecule has 0 aliphatic heterocycles. The summed E-state index contributed by atoms with van der Waals surface area (Å²) in [5, 5.41) is 0. The van der Waals surface area contributed by atoms with Crippen LogP contribution in [0.3, 0.4) is 0 Å². The third-order valence-electron chi connectivity index (χ3n) is 14.0. The number of rotatable bonds is 12. The van der Waals surface area contributed by atoms with Gasteiger partial charge < -0.3 is 0 Å². The van der Waals surface area contributed by atoms with Crippen LogP contribution in [-0.2, 0) is 0 Å². The van der Waals surface area contributed by atoms with Crippen molar-refractivity contribution in [3.63, 3.8) is 0 Å². The summed E-state index contributed by atoms with van der Waals surface area (Å²) >= 11 is 0. The molecule has 0 bridgehead atoms. The zero-order valence-electron chi connectivity index (χ0n) is 32.2. The number of unbranched alkanes of at least 4 members (excludes halogenated alkanes) is 1. The maximum absolute atomic E-state index is 13.5. The van der Waals surface area contributed by atoms with Gasteiger partial charge in [0.15, 0.2) is 34.9 Å². The fourth-order valence-electron chi connectivity index (χ4n) is 10.7. The lowest BCUT2D eigenvalue weighted by molar-refractivity contribution is 0.156. The monoisotopic (exact) mass is 764 g/mol. The molecule has 2 aromatic rings. The summed E-state index contributed by atoms with van der Waals surface area (Å²) in [7, 11) is 0.386. The van der Waals surface area contributed by atoms with Crippen LogP contribution in [0.4, 0.5) is 26.3 Å². The summed E-state index contributed by atoms with van der Waals surface area (Å²) in [5.74, 6) is -2.25. The minimum Gasteiger partial charge on any atom is -0.204 e. The van der Waals surface area contributed by atoms with Crippen LogP contribution in [0.2, 0.25) is 24.2 Å². The molecular weight excluding hydrogens is 699 g/mol. The van der Waals surface area contributed by atoms with Gasteiger partial charge in [0.05, 0.1) is 0 Å². The predicted octanol–water partition coefficient (Wildman–Crippen LogP) is 13.3. The molecule has 0 atom stereocenters. The second-order valence-electron chi connectivity index (χ2n) is 17.4. The lowest BCUT2D eigenvalue weighted by Crippen LogP contribution is -2.25. The molecule has 4 saturated carbocycles. The summed E-state index contributed by atoms with van der Waals surface area (Å²) < 4.78 is 80.3. The van der Waals surface area contributed by atoms with E-state index in [1.807, 2.05) is 0 Å². The van der Waals surface area contributed by atoms with E-state index in [9.17, 15) is 26.3 Å². The van der Waals surface area contributed by atoms with Gasteiger partial charge in [0.1, 0.15) is 0 Å². The standard InChI is InChI=1S/2C22H33F3Si/c1-26-12-2-3-15-4-6-16(7-5-15)17-8-10-18(11-9-17)19-13-20(23)22(25)21(24)14-19;1-2-3-12-26-19-10-8-16(9-11-19)15-4-6-17(7-5-15)18-13-20(23)22(25)21(24)14-18/h13-18H,2-12,26H2,1H3;13-17,19H,2-12,26H2,1H3. The van der Waals surface area contributed by atoms with Crippen molar-refractivity contribution in [1.82, 2.24) is 0 Å². The van der Waals surface area contributed by atoms with Gasteiger partial charge in [-0.2, -0.15) is 0 Å². The van der Waals surface area contributed by atoms with Gasteiger partial charge in [-0.15, -0.1) is 0 Å². The van der Waals surface area contributed by atoms with Crippen LogP contribution in [-0.4, -0.2) is 19.0 Å². The van der Waals surface area contributed by atoms with Crippen molar-refractivity contribution in [2.45, 2.75) is 171 Å². The maximum atomic E-state index is 13.5. The third kappa shape index (κ3) is 11.7. The van der Waals surface area contributed by atoms with E-state index in [4.69, 9.17) is 0 Å². The molecule has 0 amide bonds. The number of hydrogen-bond donors (Lipinski definition) is 0. The number of hydrogen-bond acceptors (Lipinski definition) is 0. The lowest BCUT2D eigenvalue weighted by atomic mass is 9.68. The molecule has 0 nitrogen and oxygen atoms in total. The SMILES string of the molecule is CCCC[SiH2]C1CCC(C2CCC(c3cc(F)c(F)c(F)c3)CC2)CC1.C[SiH2]CCCC1CCC(C2CCC(c3cc(F)c(F)c(F)c3)CC2)CC1. The highest BCUT2D eigenvalue weighted by Crippen LogP contribution is 2.46. The summed E-state index contributed by atoms with van der Waals surface area (Å²) in [6.45, 7) is 4.69. The third-order valence-corrected chi connectivity index (χ3v) is 17.8. The second-order valence-corrected chi connectivity index (χ2v) is 21.5. The van der Waals surface area contributed by atoms with Crippen LogP contribution in [0, 0.1) is 64.5 Å².